The van der Waals surface area contributed by atoms with Crippen LogP contribution in [0.1, 0.15) is 26.7 Å². The minimum atomic E-state index is 0.0118. The number of hydrogen-bond acceptors (Lipinski definition) is 2. The first kappa shape index (κ1) is 13.5. The summed E-state index contributed by atoms with van der Waals surface area (Å²) in [7, 11) is 0. The quantitative estimate of drug-likeness (QED) is 0.779. The number of benzene rings is 1. The second kappa shape index (κ2) is 6.28. The lowest BCUT2D eigenvalue weighted by atomic mass is 10.0. The Morgan fingerprint density at radius 2 is 2.11 bits per heavy atom. The van der Waals surface area contributed by atoms with Gasteiger partial charge in [-0.3, -0.25) is 4.79 Å². The third-order valence-electron chi connectivity index (χ3n) is 3.37. The summed E-state index contributed by atoms with van der Waals surface area (Å²) >= 11 is 1.66. The summed E-state index contributed by atoms with van der Waals surface area (Å²) in [5, 5.41) is 0.0118. The van der Waals surface area contributed by atoms with Gasteiger partial charge in [-0.25, -0.2) is 0 Å². The number of rotatable bonds is 3. The number of carbonyl (C=O) groups excluding carboxylic acids is 1. The van der Waals surface area contributed by atoms with Gasteiger partial charge in [0.25, 0.3) is 0 Å². The van der Waals surface area contributed by atoms with E-state index in [2.05, 4.69) is 19.1 Å². The number of piperidine rings is 1. The van der Waals surface area contributed by atoms with Crippen molar-refractivity contribution in [2.75, 3.05) is 13.1 Å². The van der Waals surface area contributed by atoms with Gasteiger partial charge < -0.3 is 4.90 Å². The maximum atomic E-state index is 12.4. The smallest absolute Gasteiger partial charge is 0.235 e. The van der Waals surface area contributed by atoms with Gasteiger partial charge in [-0.2, -0.15) is 0 Å². The van der Waals surface area contributed by atoms with Crippen molar-refractivity contribution in [1.29, 1.82) is 0 Å². The lowest BCUT2D eigenvalue weighted by Gasteiger charge is -2.32. The first-order valence-electron chi connectivity index (χ1n) is 6.67. The summed E-state index contributed by atoms with van der Waals surface area (Å²) in [6.07, 6.45) is 2.40. The Morgan fingerprint density at radius 1 is 1.39 bits per heavy atom. The van der Waals surface area contributed by atoms with E-state index in [9.17, 15) is 4.79 Å². The van der Waals surface area contributed by atoms with E-state index >= 15 is 0 Å². The molecule has 1 heterocycles. The molecule has 3 heteroatoms. The molecule has 98 valence electrons. The zero-order valence-corrected chi connectivity index (χ0v) is 12.0. The Labute approximate surface area is 114 Å². The van der Waals surface area contributed by atoms with Crippen LogP contribution in [0.2, 0.25) is 0 Å². The van der Waals surface area contributed by atoms with Crippen LogP contribution < -0.4 is 0 Å². The monoisotopic (exact) mass is 263 g/mol. The van der Waals surface area contributed by atoms with Crippen LogP contribution in [0.4, 0.5) is 0 Å². The van der Waals surface area contributed by atoms with Crippen molar-refractivity contribution in [1.82, 2.24) is 4.90 Å². The molecule has 1 saturated heterocycles. The summed E-state index contributed by atoms with van der Waals surface area (Å²) in [6, 6.07) is 10.2. The molecule has 2 rings (SSSR count). The van der Waals surface area contributed by atoms with E-state index in [1.165, 1.54) is 11.3 Å². The average molecular weight is 263 g/mol. The molecule has 2 nitrogen and oxygen atoms in total. The molecule has 1 aliphatic rings. The number of thioether (sulfide) groups is 1. The molecule has 18 heavy (non-hydrogen) atoms. The van der Waals surface area contributed by atoms with E-state index in [0.717, 1.165) is 19.5 Å². The van der Waals surface area contributed by atoms with Gasteiger partial charge in [0.15, 0.2) is 0 Å². The summed E-state index contributed by atoms with van der Waals surface area (Å²) in [4.78, 5) is 15.6. The molecule has 0 aliphatic carbocycles. The molecular weight excluding hydrogens is 242 g/mol. The molecule has 2 atom stereocenters. The highest BCUT2D eigenvalue weighted by atomic mass is 32.2. The molecule has 1 aromatic rings. The number of hydrogen-bond donors (Lipinski definition) is 0. The standard InChI is InChI=1S/C15H21NOS/c1-12-7-6-10-16(11-12)15(17)13(2)18-14-8-4-3-5-9-14/h3-5,8-9,12-13H,6-7,10-11H2,1-2H3/t12-,13+/m0/s1. The fourth-order valence-corrected chi connectivity index (χ4v) is 3.37. The topological polar surface area (TPSA) is 20.3 Å². The van der Waals surface area contributed by atoms with Crippen molar-refractivity contribution < 1.29 is 4.79 Å². The molecule has 0 spiro atoms. The van der Waals surface area contributed by atoms with Crippen LogP contribution in [0.15, 0.2) is 35.2 Å². The third-order valence-corrected chi connectivity index (χ3v) is 4.47. The van der Waals surface area contributed by atoms with Gasteiger partial charge in [0, 0.05) is 18.0 Å². The van der Waals surface area contributed by atoms with Crippen LogP contribution >= 0.6 is 11.8 Å². The van der Waals surface area contributed by atoms with Crippen molar-refractivity contribution in [3.8, 4) is 0 Å². The van der Waals surface area contributed by atoms with Gasteiger partial charge in [0.1, 0.15) is 0 Å². The van der Waals surface area contributed by atoms with Gasteiger partial charge in [-0.1, -0.05) is 25.1 Å². The van der Waals surface area contributed by atoms with Crippen LogP contribution in [-0.4, -0.2) is 29.1 Å². The summed E-state index contributed by atoms with van der Waals surface area (Å²) in [6.45, 7) is 6.11. The van der Waals surface area contributed by atoms with Gasteiger partial charge in [-0.15, -0.1) is 11.8 Å². The second-order valence-electron chi connectivity index (χ2n) is 5.10. The predicted octanol–water partition coefficient (Wildman–Crippen LogP) is 3.43. The van der Waals surface area contributed by atoms with E-state index in [1.54, 1.807) is 11.8 Å². The summed E-state index contributed by atoms with van der Waals surface area (Å²) in [5.74, 6) is 0.937. The van der Waals surface area contributed by atoms with Crippen LogP contribution in [0, 0.1) is 5.92 Å². The fourth-order valence-electron chi connectivity index (χ4n) is 2.40. The first-order chi connectivity index (χ1) is 8.66. The molecule has 0 N–H and O–H groups in total. The Hall–Kier alpha value is -0.960. The van der Waals surface area contributed by atoms with Gasteiger partial charge in [0.05, 0.1) is 5.25 Å². The molecule has 1 amide bonds. The van der Waals surface area contributed by atoms with Crippen molar-refractivity contribution in [2.45, 2.75) is 36.8 Å². The van der Waals surface area contributed by atoms with Gasteiger partial charge in [-0.05, 0) is 37.8 Å². The molecule has 0 unspecified atom stereocenters. The van der Waals surface area contributed by atoms with Crippen LogP contribution in [0.5, 0.6) is 0 Å². The molecule has 0 saturated carbocycles. The molecule has 0 radical (unpaired) electrons. The maximum absolute atomic E-state index is 12.4. The molecule has 1 aliphatic heterocycles. The highest BCUT2D eigenvalue weighted by Gasteiger charge is 2.25. The van der Waals surface area contributed by atoms with E-state index in [0.29, 0.717) is 5.92 Å². The Balaban J connectivity index is 1.92. The summed E-state index contributed by atoms with van der Waals surface area (Å²) in [5.41, 5.74) is 0. The molecule has 1 fully saturated rings. The van der Waals surface area contributed by atoms with E-state index < -0.39 is 0 Å². The Morgan fingerprint density at radius 3 is 2.78 bits per heavy atom. The maximum Gasteiger partial charge on any atom is 0.235 e. The Kier molecular flexibility index (Phi) is 4.70. The van der Waals surface area contributed by atoms with Gasteiger partial charge >= 0.3 is 0 Å². The highest BCUT2D eigenvalue weighted by Crippen LogP contribution is 2.25. The average Bonchev–Trinajstić information content (AvgIpc) is 2.39. The number of likely N-dealkylation sites (tertiary alicyclic amines) is 1. The summed E-state index contributed by atoms with van der Waals surface area (Å²) < 4.78 is 0. The first-order valence-corrected chi connectivity index (χ1v) is 7.55. The lowest BCUT2D eigenvalue weighted by Crippen LogP contribution is -2.42. The molecule has 0 aromatic heterocycles. The highest BCUT2D eigenvalue weighted by molar-refractivity contribution is 8.00. The zero-order valence-electron chi connectivity index (χ0n) is 11.1. The number of amides is 1. The third kappa shape index (κ3) is 3.52. The predicted molar refractivity (Wildman–Crippen MR) is 76.7 cm³/mol. The largest absolute Gasteiger partial charge is 0.341 e. The van der Waals surface area contributed by atoms with E-state index in [1.807, 2.05) is 30.0 Å². The number of carbonyl (C=O) groups is 1. The lowest BCUT2D eigenvalue weighted by molar-refractivity contribution is -0.131. The SMILES string of the molecule is C[C@H]1CCCN(C(=O)[C@@H](C)Sc2ccccc2)C1. The van der Waals surface area contributed by atoms with Crippen LogP contribution in [0.25, 0.3) is 0 Å². The van der Waals surface area contributed by atoms with Crippen LogP contribution in [0.3, 0.4) is 0 Å². The van der Waals surface area contributed by atoms with Crippen molar-refractivity contribution >= 4 is 17.7 Å². The zero-order chi connectivity index (χ0) is 13.0. The molecular formula is C15H21NOS. The van der Waals surface area contributed by atoms with E-state index in [-0.39, 0.29) is 11.2 Å². The number of nitrogens with zero attached hydrogens (tertiary/aromatic N) is 1. The van der Waals surface area contributed by atoms with Crippen molar-refractivity contribution in [2.24, 2.45) is 5.92 Å². The molecule has 0 bridgehead atoms. The van der Waals surface area contributed by atoms with Crippen molar-refractivity contribution in [3.05, 3.63) is 30.3 Å². The second-order valence-corrected chi connectivity index (χ2v) is 6.52. The van der Waals surface area contributed by atoms with E-state index in [4.69, 9.17) is 0 Å². The fraction of sp³-hybridized carbons (Fsp3) is 0.533. The Bertz CT molecular complexity index is 393. The van der Waals surface area contributed by atoms with Crippen molar-refractivity contribution in [3.63, 3.8) is 0 Å². The molecule has 1 aromatic carbocycles. The normalized spacial score (nSPS) is 21.7. The minimum absolute atomic E-state index is 0.0118. The van der Waals surface area contributed by atoms with Crippen LogP contribution in [-0.2, 0) is 4.79 Å². The minimum Gasteiger partial charge on any atom is -0.341 e. The van der Waals surface area contributed by atoms with Gasteiger partial charge in [0.2, 0.25) is 5.91 Å².